The van der Waals surface area contributed by atoms with E-state index in [-0.39, 0.29) is 5.97 Å². The Morgan fingerprint density at radius 1 is 1.57 bits per heavy atom. The summed E-state index contributed by atoms with van der Waals surface area (Å²) in [4.78, 5) is 16.6. The van der Waals surface area contributed by atoms with Crippen molar-refractivity contribution < 1.29 is 9.53 Å². The highest BCUT2D eigenvalue weighted by atomic mass is 32.2. The van der Waals surface area contributed by atoms with Crippen molar-refractivity contribution in [1.82, 2.24) is 14.7 Å². The third-order valence-electron chi connectivity index (χ3n) is 4.44. The molecule has 1 aromatic heterocycles. The fraction of sp³-hybridized carbons (Fsp3) is 0.786. The van der Waals surface area contributed by atoms with Crippen molar-refractivity contribution in [3.05, 3.63) is 6.33 Å². The Morgan fingerprint density at radius 3 is 3.10 bits per heavy atom. The number of carbonyl (C=O) groups excluding carboxylic acids is 1. The van der Waals surface area contributed by atoms with E-state index in [1.54, 1.807) is 18.1 Å². The van der Waals surface area contributed by atoms with Gasteiger partial charge in [-0.3, -0.25) is 10.1 Å². The van der Waals surface area contributed by atoms with Crippen LogP contribution in [0.1, 0.15) is 38.5 Å². The number of methoxy groups -OCH3 is 1. The van der Waals surface area contributed by atoms with Gasteiger partial charge in [0.25, 0.3) is 0 Å². The number of nitrogens with one attached hydrogen (secondary N) is 1. The van der Waals surface area contributed by atoms with Crippen molar-refractivity contribution in [1.29, 1.82) is 0 Å². The molecule has 0 amide bonds. The molecule has 5 nitrogen and oxygen atoms in total. The number of ether oxygens (including phenoxy) is 1. The molecule has 0 bridgehead atoms. The van der Waals surface area contributed by atoms with E-state index in [1.165, 1.54) is 31.5 Å². The summed E-state index contributed by atoms with van der Waals surface area (Å²) >= 11 is 3.16. The monoisotopic (exact) mass is 327 g/mol. The number of rotatable bonds is 7. The third-order valence-corrected chi connectivity index (χ3v) is 6.27. The molecule has 2 unspecified atom stereocenters. The quantitative estimate of drug-likeness (QED) is 0.613. The molecule has 0 aromatic carbocycles. The van der Waals surface area contributed by atoms with E-state index in [2.05, 4.69) is 14.7 Å². The third kappa shape index (κ3) is 3.40. The lowest BCUT2D eigenvalue weighted by atomic mass is 9.84. The van der Waals surface area contributed by atoms with E-state index in [1.807, 2.05) is 0 Å². The molecule has 1 aromatic rings. The summed E-state index contributed by atoms with van der Waals surface area (Å²) in [6.07, 6.45) is 8.09. The van der Waals surface area contributed by atoms with Crippen molar-refractivity contribution in [3.8, 4) is 0 Å². The molecule has 2 aliphatic carbocycles. The largest absolute Gasteiger partial charge is 0.468 e. The van der Waals surface area contributed by atoms with Gasteiger partial charge in [-0.15, -0.1) is 0 Å². The molecular weight excluding hydrogens is 306 g/mol. The number of aromatic nitrogens is 2. The molecule has 0 saturated heterocycles. The van der Waals surface area contributed by atoms with Gasteiger partial charge in [-0.25, -0.2) is 4.98 Å². The minimum Gasteiger partial charge on any atom is -0.468 e. The van der Waals surface area contributed by atoms with E-state index < -0.39 is 5.54 Å². The maximum absolute atomic E-state index is 12.4. The van der Waals surface area contributed by atoms with E-state index in [0.717, 1.165) is 35.8 Å². The standard InChI is InChI=1S/C14H21N3O2S2/c1-19-12(18)14(17-11-4-5-11)7-2-3-10(14)6-8-20-13-15-9-16-21-13/h9-11,17H,2-8H2,1H3. The average molecular weight is 327 g/mol. The van der Waals surface area contributed by atoms with Crippen molar-refractivity contribution in [3.63, 3.8) is 0 Å². The molecule has 0 spiro atoms. The Kier molecular flexibility index (Phi) is 4.81. The first-order valence-corrected chi connectivity index (χ1v) is 9.26. The first-order chi connectivity index (χ1) is 10.2. The number of esters is 1. The van der Waals surface area contributed by atoms with Gasteiger partial charge >= 0.3 is 5.97 Å². The Bertz CT molecular complexity index is 479. The Hall–Kier alpha value is -0.660. The predicted molar refractivity (Wildman–Crippen MR) is 83.5 cm³/mol. The summed E-state index contributed by atoms with van der Waals surface area (Å²) in [7, 11) is 1.50. The Morgan fingerprint density at radius 2 is 2.43 bits per heavy atom. The second kappa shape index (κ2) is 6.62. The van der Waals surface area contributed by atoms with Crippen molar-refractivity contribution in [2.75, 3.05) is 12.9 Å². The van der Waals surface area contributed by atoms with Gasteiger partial charge in [0.1, 0.15) is 11.9 Å². The highest BCUT2D eigenvalue weighted by Crippen LogP contribution is 2.42. The van der Waals surface area contributed by atoms with E-state index >= 15 is 0 Å². The molecule has 0 aliphatic heterocycles. The van der Waals surface area contributed by atoms with E-state index in [0.29, 0.717) is 12.0 Å². The zero-order valence-corrected chi connectivity index (χ0v) is 13.8. The van der Waals surface area contributed by atoms with Crippen molar-refractivity contribution >= 4 is 29.3 Å². The molecule has 2 atom stereocenters. The van der Waals surface area contributed by atoms with Crippen LogP contribution < -0.4 is 5.32 Å². The van der Waals surface area contributed by atoms with Gasteiger partial charge in [0.2, 0.25) is 0 Å². The molecule has 2 aliphatic rings. The van der Waals surface area contributed by atoms with Gasteiger partial charge in [0.15, 0.2) is 4.34 Å². The van der Waals surface area contributed by atoms with Gasteiger partial charge in [-0.05, 0) is 49.6 Å². The summed E-state index contributed by atoms with van der Waals surface area (Å²) < 4.78 is 10.1. The van der Waals surface area contributed by atoms with E-state index in [4.69, 9.17) is 4.74 Å². The maximum Gasteiger partial charge on any atom is 0.326 e. The van der Waals surface area contributed by atoms with Crippen LogP contribution in [0.4, 0.5) is 0 Å². The molecule has 1 heterocycles. The second-order valence-corrected chi connectivity index (χ2v) is 7.94. The first kappa shape index (κ1) is 15.2. The van der Waals surface area contributed by atoms with Crippen molar-refractivity contribution in [2.24, 2.45) is 5.92 Å². The van der Waals surface area contributed by atoms with Gasteiger partial charge in [-0.2, -0.15) is 4.37 Å². The van der Waals surface area contributed by atoms with Gasteiger partial charge < -0.3 is 4.74 Å². The topological polar surface area (TPSA) is 64.1 Å². The summed E-state index contributed by atoms with van der Waals surface area (Å²) in [5.41, 5.74) is -0.447. The maximum atomic E-state index is 12.4. The SMILES string of the molecule is COC(=O)C1(NC2CC2)CCCC1CCSc1ncns1. The normalized spacial score (nSPS) is 28.7. The van der Waals surface area contributed by atoms with Crippen LogP contribution in [0.5, 0.6) is 0 Å². The summed E-state index contributed by atoms with van der Waals surface area (Å²) in [5, 5.41) is 3.60. The lowest BCUT2D eigenvalue weighted by molar-refractivity contribution is -0.150. The minimum absolute atomic E-state index is 0.0715. The van der Waals surface area contributed by atoms with Crippen LogP contribution in [-0.4, -0.2) is 39.8 Å². The highest BCUT2D eigenvalue weighted by Gasteiger charge is 2.51. The molecule has 0 radical (unpaired) electrons. The van der Waals surface area contributed by atoms with Crippen LogP contribution >= 0.6 is 23.3 Å². The summed E-state index contributed by atoms with van der Waals surface area (Å²) in [6.45, 7) is 0. The second-order valence-electron chi connectivity index (χ2n) is 5.82. The van der Waals surface area contributed by atoms with Crippen LogP contribution in [0.15, 0.2) is 10.7 Å². The number of carbonyl (C=O) groups is 1. The molecule has 2 saturated carbocycles. The van der Waals surface area contributed by atoms with Crippen LogP contribution in [0.25, 0.3) is 0 Å². The average Bonchev–Trinajstić information content (AvgIpc) is 2.99. The molecule has 7 heteroatoms. The first-order valence-electron chi connectivity index (χ1n) is 7.50. The Balaban J connectivity index is 1.62. The number of hydrogen-bond donors (Lipinski definition) is 1. The molecule has 21 heavy (non-hydrogen) atoms. The lowest BCUT2D eigenvalue weighted by Crippen LogP contribution is -2.56. The molecule has 1 N–H and O–H groups in total. The van der Waals surface area contributed by atoms with E-state index in [9.17, 15) is 4.79 Å². The molecule has 2 fully saturated rings. The van der Waals surface area contributed by atoms with Gasteiger partial charge in [0, 0.05) is 11.8 Å². The predicted octanol–water partition coefficient (Wildman–Crippen LogP) is 2.48. The van der Waals surface area contributed by atoms with Gasteiger partial charge in [0.05, 0.1) is 7.11 Å². The minimum atomic E-state index is -0.447. The van der Waals surface area contributed by atoms with Crippen LogP contribution in [-0.2, 0) is 9.53 Å². The van der Waals surface area contributed by atoms with Crippen LogP contribution in [0.3, 0.4) is 0 Å². The van der Waals surface area contributed by atoms with Gasteiger partial charge in [-0.1, -0.05) is 18.2 Å². The number of thioether (sulfide) groups is 1. The Labute approximate surface area is 133 Å². The zero-order valence-electron chi connectivity index (χ0n) is 12.2. The molecule has 3 rings (SSSR count). The number of nitrogens with zero attached hydrogens (tertiary/aromatic N) is 2. The smallest absolute Gasteiger partial charge is 0.326 e. The van der Waals surface area contributed by atoms with Crippen LogP contribution in [0, 0.1) is 5.92 Å². The highest BCUT2D eigenvalue weighted by molar-refractivity contribution is 8.00. The van der Waals surface area contributed by atoms with Crippen molar-refractivity contribution in [2.45, 2.75) is 54.4 Å². The zero-order chi connectivity index (χ0) is 14.7. The summed E-state index contributed by atoms with van der Waals surface area (Å²) in [6, 6.07) is 0.514. The fourth-order valence-electron chi connectivity index (χ4n) is 3.28. The molecule has 116 valence electrons. The number of hydrogen-bond acceptors (Lipinski definition) is 7. The van der Waals surface area contributed by atoms with Crippen LogP contribution in [0.2, 0.25) is 0 Å². The lowest BCUT2D eigenvalue weighted by Gasteiger charge is -2.34. The molecular formula is C14H21N3O2S2. The fourth-order valence-corrected chi connectivity index (χ4v) is 4.84. The summed E-state index contributed by atoms with van der Waals surface area (Å²) in [5.74, 6) is 1.27.